The predicted molar refractivity (Wildman–Crippen MR) is 70.9 cm³/mol. The van der Waals surface area contributed by atoms with Crippen LogP contribution < -0.4 is 5.32 Å². The Labute approximate surface area is 105 Å². The average molecular weight is 248 g/mol. The summed E-state index contributed by atoms with van der Waals surface area (Å²) in [5, 5.41) is 2.96. The van der Waals surface area contributed by atoms with Gasteiger partial charge >= 0.3 is 0 Å². The lowest BCUT2D eigenvalue weighted by atomic mass is 10.1. The van der Waals surface area contributed by atoms with Gasteiger partial charge in [-0.3, -0.25) is 4.79 Å². The highest BCUT2D eigenvalue weighted by molar-refractivity contribution is 6.17. The average Bonchev–Trinajstić information content (AvgIpc) is 2.23. The molecule has 0 saturated carbocycles. The van der Waals surface area contributed by atoms with E-state index in [-0.39, 0.29) is 11.9 Å². The first-order valence-corrected chi connectivity index (χ1v) is 7.09. The summed E-state index contributed by atoms with van der Waals surface area (Å²) in [6, 6.07) is 0.213. The minimum Gasteiger partial charge on any atom is -0.354 e. The molecule has 0 aromatic carbocycles. The molecule has 2 nitrogen and oxygen atoms in total. The molecule has 0 radical (unpaired) electrons. The molecule has 0 spiro atoms. The number of rotatable bonds is 10. The Hall–Kier alpha value is -0.240. The van der Waals surface area contributed by atoms with E-state index in [4.69, 9.17) is 11.6 Å². The van der Waals surface area contributed by atoms with Crippen molar-refractivity contribution in [3.8, 4) is 0 Å². The SMILES string of the molecule is CCCCCCCCC(=O)NC(C)CCCl. The molecule has 1 atom stereocenters. The summed E-state index contributed by atoms with van der Waals surface area (Å²) in [7, 11) is 0. The first-order chi connectivity index (χ1) is 7.70. The van der Waals surface area contributed by atoms with E-state index in [2.05, 4.69) is 12.2 Å². The normalized spacial score (nSPS) is 12.4. The largest absolute Gasteiger partial charge is 0.354 e. The van der Waals surface area contributed by atoms with E-state index in [0.717, 1.165) is 12.8 Å². The Morgan fingerprint density at radius 3 is 2.44 bits per heavy atom. The molecule has 16 heavy (non-hydrogen) atoms. The van der Waals surface area contributed by atoms with E-state index < -0.39 is 0 Å². The van der Waals surface area contributed by atoms with Gasteiger partial charge in [0, 0.05) is 18.3 Å². The fourth-order valence-corrected chi connectivity index (χ4v) is 1.98. The van der Waals surface area contributed by atoms with Crippen molar-refractivity contribution in [3.63, 3.8) is 0 Å². The predicted octanol–water partition coefficient (Wildman–Crippen LogP) is 3.87. The standard InChI is InChI=1S/C13H26ClNO/c1-3-4-5-6-7-8-9-13(16)15-12(2)10-11-14/h12H,3-11H2,1-2H3,(H,15,16). The van der Waals surface area contributed by atoms with E-state index in [1.54, 1.807) is 0 Å². The molecular formula is C13H26ClNO. The fourth-order valence-electron chi connectivity index (χ4n) is 1.65. The second-order valence-corrected chi connectivity index (χ2v) is 4.84. The summed E-state index contributed by atoms with van der Waals surface area (Å²) in [6.07, 6.45) is 8.87. The molecule has 0 aliphatic carbocycles. The van der Waals surface area contributed by atoms with Crippen LogP contribution in [0.3, 0.4) is 0 Å². The molecule has 3 heteroatoms. The molecule has 0 bridgehead atoms. The van der Waals surface area contributed by atoms with Crippen LogP contribution in [0.2, 0.25) is 0 Å². The van der Waals surface area contributed by atoms with Crippen molar-refractivity contribution >= 4 is 17.5 Å². The van der Waals surface area contributed by atoms with Gasteiger partial charge in [-0.15, -0.1) is 11.6 Å². The minimum atomic E-state index is 0.174. The van der Waals surface area contributed by atoms with Crippen LogP contribution in [0.25, 0.3) is 0 Å². The first-order valence-electron chi connectivity index (χ1n) is 6.56. The molecule has 0 saturated heterocycles. The third-order valence-corrected chi connectivity index (χ3v) is 2.93. The molecule has 0 aliphatic heterocycles. The maximum atomic E-state index is 11.5. The van der Waals surface area contributed by atoms with Gasteiger partial charge in [0.2, 0.25) is 5.91 Å². The van der Waals surface area contributed by atoms with E-state index in [0.29, 0.717) is 12.3 Å². The highest BCUT2D eigenvalue weighted by Gasteiger charge is 2.05. The lowest BCUT2D eigenvalue weighted by molar-refractivity contribution is -0.121. The number of halogens is 1. The van der Waals surface area contributed by atoms with Crippen LogP contribution in [0.15, 0.2) is 0 Å². The lowest BCUT2D eigenvalue weighted by Crippen LogP contribution is -2.32. The Kier molecular flexibility index (Phi) is 11.1. The van der Waals surface area contributed by atoms with Crippen molar-refractivity contribution in [2.75, 3.05) is 5.88 Å². The quantitative estimate of drug-likeness (QED) is 0.461. The second-order valence-electron chi connectivity index (χ2n) is 4.46. The summed E-state index contributed by atoms with van der Waals surface area (Å²) < 4.78 is 0. The highest BCUT2D eigenvalue weighted by atomic mass is 35.5. The third kappa shape index (κ3) is 10.3. The summed E-state index contributed by atoms with van der Waals surface area (Å²) in [4.78, 5) is 11.5. The van der Waals surface area contributed by atoms with E-state index in [9.17, 15) is 4.79 Å². The Morgan fingerprint density at radius 1 is 1.19 bits per heavy atom. The van der Waals surface area contributed by atoms with Gasteiger partial charge in [0.15, 0.2) is 0 Å². The van der Waals surface area contributed by atoms with Crippen LogP contribution in [-0.4, -0.2) is 17.8 Å². The molecule has 0 fully saturated rings. The van der Waals surface area contributed by atoms with Crippen LogP contribution in [0, 0.1) is 0 Å². The zero-order valence-electron chi connectivity index (χ0n) is 10.7. The van der Waals surface area contributed by atoms with Crippen molar-refractivity contribution < 1.29 is 4.79 Å². The van der Waals surface area contributed by atoms with Gasteiger partial charge in [-0.1, -0.05) is 39.0 Å². The maximum absolute atomic E-state index is 11.5. The van der Waals surface area contributed by atoms with Crippen LogP contribution in [0.4, 0.5) is 0 Å². The number of amides is 1. The van der Waals surface area contributed by atoms with Crippen molar-refractivity contribution in [1.29, 1.82) is 0 Å². The van der Waals surface area contributed by atoms with Gasteiger partial charge in [-0.2, -0.15) is 0 Å². The van der Waals surface area contributed by atoms with Gasteiger partial charge in [-0.05, 0) is 19.8 Å². The molecule has 96 valence electrons. The molecule has 0 rings (SSSR count). The minimum absolute atomic E-state index is 0.174. The lowest BCUT2D eigenvalue weighted by Gasteiger charge is -2.11. The van der Waals surface area contributed by atoms with Crippen molar-refractivity contribution in [2.45, 2.75) is 71.3 Å². The Bertz CT molecular complexity index is 173. The van der Waals surface area contributed by atoms with E-state index >= 15 is 0 Å². The number of carbonyl (C=O) groups is 1. The van der Waals surface area contributed by atoms with Crippen molar-refractivity contribution in [1.82, 2.24) is 5.32 Å². The molecule has 0 heterocycles. The van der Waals surface area contributed by atoms with Gasteiger partial charge in [0.1, 0.15) is 0 Å². The number of nitrogens with one attached hydrogen (secondary N) is 1. The molecule has 0 aromatic heterocycles. The fraction of sp³-hybridized carbons (Fsp3) is 0.923. The summed E-state index contributed by atoms with van der Waals surface area (Å²) in [5.74, 6) is 0.784. The molecule has 1 N–H and O–H groups in total. The number of alkyl halides is 1. The van der Waals surface area contributed by atoms with Crippen LogP contribution in [0.1, 0.15) is 65.2 Å². The van der Waals surface area contributed by atoms with Crippen molar-refractivity contribution in [3.05, 3.63) is 0 Å². The first kappa shape index (κ1) is 15.8. The number of hydrogen-bond donors (Lipinski definition) is 1. The van der Waals surface area contributed by atoms with E-state index in [1.807, 2.05) is 6.92 Å². The molecule has 0 aliphatic rings. The topological polar surface area (TPSA) is 29.1 Å². The highest BCUT2D eigenvalue weighted by Crippen LogP contribution is 2.07. The summed E-state index contributed by atoms with van der Waals surface area (Å²) >= 11 is 5.60. The zero-order chi connectivity index (χ0) is 12.2. The van der Waals surface area contributed by atoms with Gasteiger partial charge in [0.25, 0.3) is 0 Å². The molecule has 0 aromatic rings. The van der Waals surface area contributed by atoms with Gasteiger partial charge < -0.3 is 5.32 Å². The summed E-state index contributed by atoms with van der Waals surface area (Å²) in [6.45, 7) is 4.22. The zero-order valence-corrected chi connectivity index (χ0v) is 11.5. The maximum Gasteiger partial charge on any atom is 0.220 e. The molecule has 1 unspecified atom stereocenters. The number of carbonyl (C=O) groups excluding carboxylic acids is 1. The van der Waals surface area contributed by atoms with Crippen LogP contribution in [-0.2, 0) is 4.79 Å². The van der Waals surface area contributed by atoms with Gasteiger partial charge in [0.05, 0.1) is 0 Å². The Balaban J connectivity index is 3.30. The number of unbranched alkanes of at least 4 members (excludes halogenated alkanes) is 5. The monoisotopic (exact) mass is 247 g/mol. The summed E-state index contributed by atoms with van der Waals surface area (Å²) in [5.41, 5.74) is 0. The molecule has 1 amide bonds. The van der Waals surface area contributed by atoms with E-state index in [1.165, 1.54) is 32.1 Å². The third-order valence-electron chi connectivity index (χ3n) is 2.71. The smallest absolute Gasteiger partial charge is 0.220 e. The number of hydrogen-bond acceptors (Lipinski definition) is 1. The van der Waals surface area contributed by atoms with Crippen LogP contribution >= 0.6 is 11.6 Å². The van der Waals surface area contributed by atoms with Gasteiger partial charge in [-0.25, -0.2) is 0 Å². The molecular weight excluding hydrogens is 222 g/mol. The second kappa shape index (κ2) is 11.3. The van der Waals surface area contributed by atoms with Crippen molar-refractivity contribution in [2.24, 2.45) is 0 Å². The Morgan fingerprint density at radius 2 is 1.81 bits per heavy atom. The van der Waals surface area contributed by atoms with Crippen LogP contribution in [0.5, 0.6) is 0 Å².